The van der Waals surface area contributed by atoms with Gasteiger partial charge in [0.05, 0.1) is 12.6 Å². The number of carbonyl (C=O) groups is 1. The summed E-state index contributed by atoms with van der Waals surface area (Å²) >= 11 is 0. The highest BCUT2D eigenvalue weighted by Gasteiger charge is 2.27. The average molecular weight is 237 g/mol. The van der Waals surface area contributed by atoms with Gasteiger partial charge in [-0.3, -0.25) is 9.69 Å². The van der Waals surface area contributed by atoms with E-state index in [0.29, 0.717) is 6.54 Å². The molecule has 0 spiro atoms. The summed E-state index contributed by atoms with van der Waals surface area (Å²) in [4.78, 5) is 16.1. The van der Waals surface area contributed by atoms with Crippen LogP contribution in [0.5, 0.6) is 0 Å². The van der Waals surface area contributed by atoms with Gasteiger partial charge in [0.15, 0.2) is 0 Å². The van der Waals surface area contributed by atoms with Crippen molar-refractivity contribution >= 4 is 5.91 Å². The first-order valence-corrected chi connectivity index (χ1v) is 6.30. The van der Waals surface area contributed by atoms with Gasteiger partial charge in [0.25, 0.3) is 0 Å². The van der Waals surface area contributed by atoms with Crippen LogP contribution in [0.3, 0.4) is 0 Å². The molecule has 0 aliphatic carbocycles. The van der Waals surface area contributed by atoms with Crippen molar-refractivity contribution in [3.63, 3.8) is 0 Å². The normalized spacial score (nSPS) is 20.7. The quantitative estimate of drug-likeness (QED) is 0.708. The minimum atomic E-state index is -0.362. The van der Waals surface area contributed by atoms with E-state index in [-0.39, 0.29) is 17.9 Å². The van der Waals surface area contributed by atoms with Crippen LogP contribution in [0.4, 0.5) is 0 Å². The molecular weight excluding hydrogens is 214 g/mol. The van der Waals surface area contributed by atoms with Gasteiger partial charge >= 0.3 is 0 Å². The Morgan fingerprint density at radius 2 is 2.00 bits per heavy atom. The maximum absolute atomic E-state index is 12.1. The van der Waals surface area contributed by atoms with Crippen molar-refractivity contribution in [1.82, 2.24) is 9.80 Å². The SMILES string of the molecule is C#CCN1CCN(C(=O)C(N)C(C)CC)CC1. The maximum Gasteiger partial charge on any atom is 0.239 e. The van der Waals surface area contributed by atoms with E-state index in [4.69, 9.17) is 12.2 Å². The maximum atomic E-state index is 12.1. The van der Waals surface area contributed by atoms with Crippen molar-refractivity contribution in [2.24, 2.45) is 11.7 Å². The van der Waals surface area contributed by atoms with E-state index in [1.165, 1.54) is 0 Å². The third kappa shape index (κ3) is 3.72. The third-order valence-corrected chi connectivity index (χ3v) is 3.54. The van der Waals surface area contributed by atoms with Crippen LogP contribution in [0.2, 0.25) is 0 Å². The number of hydrogen-bond donors (Lipinski definition) is 1. The summed E-state index contributed by atoms with van der Waals surface area (Å²) in [5.41, 5.74) is 5.96. The second-order valence-electron chi connectivity index (χ2n) is 4.72. The molecule has 1 heterocycles. The van der Waals surface area contributed by atoms with Crippen molar-refractivity contribution < 1.29 is 4.79 Å². The lowest BCUT2D eigenvalue weighted by Gasteiger charge is -2.35. The zero-order chi connectivity index (χ0) is 12.8. The predicted molar refractivity (Wildman–Crippen MR) is 69.3 cm³/mol. The van der Waals surface area contributed by atoms with E-state index in [1.807, 2.05) is 11.8 Å². The molecule has 4 nitrogen and oxygen atoms in total. The topological polar surface area (TPSA) is 49.6 Å². The zero-order valence-corrected chi connectivity index (χ0v) is 10.9. The van der Waals surface area contributed by atoms with Crippen molar-refractivity contribution in [2.45, 2.75) is 26.3 Å². The van der Waals surface area contributed by atoms with Gasteiger partial charge in [-0.1, -0.05) is 26.2 Å². The fraction of sp³-hybridized carbons (Fsp3) is 0.769. The first kappa shape index (κ1) is 14.0. The average Bonchev–Trinajstić information content (AvgIpc) is 2.37. The molecule has 1 aliphatic heterocycles. The van der Waals surface area contributed by atoms with Crippen LogP contribution in [0, 0.1) is 18.3 Å². The lowest BCUT2D eigenvalue weighted by molar-refractivity contribution is -0.135. The number of hydrogen-bond acceptors (Lipinski definition) is 3. The van der Waals surface area contributed by atoms with Gasteiger partial charge in [-0.15, -0.1) is 6.42 Å². The summed E-state index contributed by atoms with van der Waals surface area (Å²) in [6.07, 6.45) is 6.20. The highest BCUT2D eigenvalue weighted by molar-refractivity contribution is 5.82. The molecule has 1 rings (SSSR count). The van der Waals surface area contributed by atoms with Crippen molar-refractivity contribution in [2.75, 3.05) is 32.7 Å². The van der Waals surface area contributed by atoms with Crippen LogP contribution in [-0.4, -0.2) is 54.5 Å². The van der Waals surface area contributed by atoms with Crippen molar-refractivity contribution in [1.29, 1.82) is 0 Å². The molecule has 0 aromatic heterocycles. The number of terminal acetylenes is 1. The van der Waals surface area contributed by atoms with E-state index < -0.39 is 0 Å². The Balaban J connectivity index is 2.43. The Morgan fingerprint density at radius 1 is 1.41 bits per heavy atom. The van der Waals surface area contributed by atoms with E-state index in [9.17, 15) is 4.79 Å². The summed E-state index contributed by atoms with van der Waals surface area (Å²) in [6, 6.07) is -0.362. The number of nitrogens with zero attached hydrogens (tertiary/aromatic N) is 2. The molecule has 0 saturated carbocycles. The van der Waals surface area contributed by atoms with Crippen LogP contribution in [0.15, 0.2) is 0 Å². The minimum absolute atomic E-state index is 0.0831. The molecular formula is C13H23N3O. The molecule has 0 radical (unpaired) electrons. The number of piperazine rings is 1. The Hall–Kier alpha value is -1.05. The summed E-state index contributed by atoms with van der Waals surface area (Å²) in [5.74, 6) is 2.95. The number of rotatable bonds is 4. The van der Waals surface area contributed by atoms with Gasteiger partial charge in [0, 0.05) is 26.2 Å². The zero-order valence-electron chi connectivity index (χ0n) is 10.9. The number of nitrogens with two attached hydrogens (primary N) is 1. The molecule has 2 atom stereocenters. The van der Waals surface area contributed by atoms with Gasteiger partial charge < -0.3 is 10.6 Å². The molecule has 0 aromatic rings. The molecule has 96 valence electrons. The molecule has 0 bridgehead atoms. The van der Waals surface area contributed by atoms with Gasteiger partial charge in [-0.2, -0.15) is 0 Å². The Labute approximate surface area is 104 Å². The Bertz CT molecular complexity index is 290. The Morgan fingerprint density at radius 3 is 2.47 bits per heavy atom. The fourth-order valence-corrected chi connectivity index (χ4v) is 1.96. The lowest BCUT2D eigenvalue weighted by atomic mass is 9.98. The van der Waals surface area contributed by atoms with Crippen molar-refractivity contribution in [3.8, 4) is 12.3 Å². The van der Waals surface area contributed by atoms with Crippen LogP contribution in [0.1, 0.15) is 20.3 Å². The lowest BCUT2D eigenvalue weighted by Crippen LogP contribution is -2.54. The van der Waals surface area contributed by atoms with E-state index in [1.54, 1.807) is 0 Å². The van der Waals surface area contributed by atoms with Gasteiger partial charge in [-0.05, 0) is 5.92 Å². The third-order valence-electron chi connectivity index (χ3n) is 3.54. The predicted octanol–water partition coefficient (Wildman–Crippen LogP) is 0.137. The molecule has 1 saturated heterocycles. The van der Waals surface area contributed by atoms with E-state index in [0.717, 1.165) is 32.6 Å². The molecule has 17 heavy (non-hydrogen) atoms. The second-order valence-corrected chi connectivity index (χ2v) is 4.72. The van der Waals surface area contributed by atoms with Crippen molar-refractivity contribution in [3.05, 3.63) is 0 Å². The summed E-state index contributed by atoms with van der Waals surface area (Å²) in [7, 11) is 0. The van der Waals surface area contributed by atoms with E-state index >= 15 is 0 Å². The molecule has 1 aliphatic rings. The number of carbonyl (C=O) groups excluding carboxylic acids is 1. The highest BCUT2D eigenvalue weighted by atomic mass is 16.2. The fourth-order valence-electron chi connectivity index (χ4n) is 1.96. The van der Waals surface area contributed by atoms with Gasteiger partial charge in [0.1, 0.15) is 0 Å². The molecule has 2 N–H and O–H groups in total. The van der Waals surface area contributed by atoms with Crippen LogP contribution in [-0.2, 0) is 4.79 Å². The Kier molecular flexibility index (Phi) is 5.46. The van der Waals surface area contributed by atoms with Crippen LogP contribution < -0.4 is 5.73 Å². The van der Waals surface area contributed by atoms with E-state index in [2.05, 4.69) is 17.7 Å². The van der Waals surface area contributed by atoms with Crippen LogP contribution in [0.25, 0.3) is 0 Å². The minimum Gasteiger partial charge on any atom is -0.339 e. The molecule has 1 fully saturated rings. The largest absolute Gasteiger partial charge is 0.339 e. The number of amides is 1. The molecule has 1 amide bonds. The van der Waals surface area contributed by atoms with Gasteiger partial charge in [-0.25, -0.2) is 0 Å². The first-order valence-electron chi connectivity index (χ1n) is 6.30. The monoisotopic (exact) mass is 237 g/mol. The van der Waals surface area contributed by atoms with Crippen LogP contribution >= 0.6 is 0 Å². The summed E-state index contributed by atoms with van der Waals surface area (Å²) in [6.45, 7) is 7.93. The molecule has 2 unspecified atom stereocenters. The molecule has 4 heteroatoms. The molecule has 0 aromatic carbocycles. The summed E-state index contributed by atoms with van der Waals surface area (Å²) in [5, 5.41) is 0. The summed E-state index contributed by atoms with van der Waals surface area (Å²) < 4.78 is 0. The smallest absolute Gasteiger partial charge is 0.239 e. The second kappa shape index (κ2) is 6.63. The highest BCUT2D eigenvalue weighted by Crippen LogP contribution is 2.10. The first-order chi connectivity index (χ1) is 8.10. The van der Waals surface area contributed by atoms with Gasteiger partial charge in [0.2, 0.25) is 5.91 Å². The standard InChI is InChI=1S/C13H23N3O/c1-4-6-15-7-9-16(10-8-15)13(17)12(14)11(3)5-2/h1,11-12H,5-10,14H2,2-3H3.